The third-order valence-electron chi connectivity index (χ3n) is 1.47. The van der Waals surface area contributed by atoms with Gasteiger partial charge in [-0.1, -0.05) is 12.1 Å². The smallest absolute Gasteiger partial charge is 0.0627 e. The summed E-state index contributed by atoms with van der Waals surface area (Å²) < 4.78 is 0. The summed E-state index contributed by atoms with van der Waals surface area (Å²) in [4.78, 5) is 4.20. The zero-order chi connectivity index (χ0) is 8.97. The highest BCUT2D eigenvalue weighted by Gasteiger charge is 1.89. The van der Waals surface area contributed by atoms with Gasteiger partial charge in [0.05, 0.1) is 5.69 Å². The van der Waals surface area contributed by atoms with Gasteiger partial charge < -0.3 is 0 Å². The summed E-state index contributed by atoms with van der Waals surface area (Å²) in [6.07, 6.45) is 5.69. The maximum atomic E-state index is 5.74. The molecule has 1 heterocycles. The minimum atomic E-state index is 0.0631. The summed E-state index contributed by atoms with van der Waals surface area (Å²) in [5.41, 5.74) is 2.12. The predicted molar refractivity (Wildman–Crippen MR) is 53.3 cm³/mol. The fraction of sp³-hybridized carbons (Fsp3) is 0.300. The molecular weight excluding hydrogens is 170 g/mol. The topological polar surface area (TPSA) is 12.9 Å². The Morgan fingerprint density at radius 3 is 2.75 bits per heavy atom. The lowest BCUT2D eigenvalue weighted by Crippen LogP contribution is -1.84. The third kappa shape index (κ3) is 3.05. The molecule has 1 aromatic heterocycles. The summed E-state index contributed by atoms with van der Waals surface area (Å²) >= 11 is 5.74. The van der Waals surface area contributed by atoms with Gasteiger partial charge in [0.15, 0.2) is 0 Å². The Kier molecular flexibility index (Phi) is 3.30. The highest BCUT2D eigenvalue weighted by molar-refractivity contribution is 6.21. The number of hydrogen-bond donors (Lipinski definition) is 0. The number of pyridine rings is 1. The molecule has 64 valence electrons. The molecule has 1 aromatic rings. The van der Waals surface area contributed by atoms with Crippen LogP contribution in [0.25, 0.3) is 6.08 Å². The molecule has 0 aliphatic carbocycles. The number of alkyl halides is 1. The normalized spacial score (nSPS) is 13.6. The molecule has 1 atom stereocenters. The molecule has 0 aliphatic heterocycles. The molecule has 0 fully saturated rings. The van der Waals surface area contributed by atoms with Crippen LogP contribution in [0.1, 0.15) is 18.2 Å². The van der Waals surface area contributed by atoms with Crippen molar-refractivity contribution in [1.82, 2.24) is 4.98 Å². The second kappa shape index (κ2) is 4.27. The van der Waals surface area contributed by atoms with E-state index in [9.17, 15) is 0 Å². The van der Waals surface area contributed by atoms with E-state index in [0.717, 1.165) is 5.69 Å². The first kappa shape index (κ1) is 9.27. The summed E-state index contributed by atoms with van der Waals surface area (Å²) in [7, 11) is 0. The summed E-state index contributed by atoms with van der Waals surface area (Å²) in [6, 6.07) is 4.01. The van der Waals surface area contributed by atoms with Crippen molar-refractivity contribution in [2.45, 2.75) is 19.2 Å². The van der Waals surface area contributed by atoms with Crippen molar-refractivity contribution in [3.05, 3.63) is 35.7 Å². The number of rotatable bonds is 2. The van der Waals surface area contributed by atoms with Gasteiger partial charge in [-0.2, -0.15) is 0 Å². The lowest BCUT2D eigenvalue weighted by atomic mass is 10.2. The molecule has 2 heteroatoms. The Bertz CT molecular complexity index is 262. The van der Waals surface area contributed by atoms with Crippen molar-refractivity contribution in [1.29, 1.82) is 0 Å². The average molecular weight is 182 g/mol. The van der Waals surface area contributed by atoms with Crippen LogP contribution in [0.4, 0.5) is 0 Å². The Morgan fingerprint density at radius 2 is 2.25 bits per heavy atom. The molecule has 0 bridgehead atoms. The number of halogens is 1. The third-order valence-corrected chi connectivity index (χ3v) is 1.61. The highest BCUT2D eigenvalue weighted by atomic mass is 35.5. The first-order valence-electron chi connectivity index (χ1n) is 3.93. The molecule has 0 amide bonds. The van der Waals surface area contributed by atoms with Gasteiger partial charge in [0, 0.05) is 11.6 Å². The van der Waals surface area contributed by atoms with E-state index in [-0.39, 0.29) is 5.38 Å². The zero-order valence-corrected chi connectivity index (χ0v) is 8.05. The van der Waals surface area contributed by atoms with Crippen molar-refractivity contribution < 1.29 is 0 Å². The van der Waals surface area contributed by atoms with Crippen LogP contribution in [0, 0.1) is 6.92 Å². The fourth-order valence-corrected chi connectivity index (χ4v) is 0.882. The van der Waals surface area contributed by atoms with Gasteiger partial charge in [-0.3, -0.25) is 4.98 Å². The van der Waals surface area contributed by atoms with Crippen LogP contribution in [-0.4, -0.2) is 10.4 Å². The number of aromatic nitrogens is 1. The van der Waals surface area contributed by atoms with E-state index in [1.807, 2.05) is 44.3 Å². The maximum absolute atomic E-state index is 5.74. The molecule has 1 unspecified atom stereocenters. The number of hydrogen-bond acceptors (Lipinski definition) is 1. The molecule has 0 N–H and O–H groups in total. The maximum Gasteiger partial charge on any atom is 0.0627 e. The molecule has 12 heavy (non-hydrogen) atoms. The van der Waals surface area contributed by atoms with Crippen LogP contribution < -0.4 is 0 Å². The predicted octanol–water partition coefficient (Wildman–Crippen LogP) is 3.03. The van der Waals surface area contributed by atoms with E-state index in [0.29, 0.717) is 0 Å². The standard InChI is InChI=1S/C10H12ClN/c1-8-3-5-10(12-7-8)6-4-9(2)11/h3-7,9H,1-2H3/b6-4+. The molecule has 0 radical (unpaired) electrons. The van der Waals surface area contributed by atoms with E-state index in [4.69, 9.17) is 11.6 Å². The number of allylic oxidation sites excluding steroid dienone is 1. The van der Waals surface area contributed by atoms with Crippen LogP contribution in [0.2, 0.25) is 0 Å². The molecule has 0 saturated heterocycles. The Hall–Kier alpha value is -0.820. The van der Waals surface area contributed by atoms with E-state index in [1.54, 1.807) is 0 Å². The minimum Gasteiger partial charge on any atom is -0.257 e. The van der Waals surface area contributed by atoms with Crippen LogP contribution in [0.15, 0.2) is 24.4 Å². The Morgan fingerprint density at radius 1 is 1.50 bits per heavy atom. The molecule has 1 nitrogen and oxygen atoms in total. The lowest BCUT2D eigenvalue weighted by Gasteiger charge is -1.94. The summed E-state index contributed by atoms with van der Waals surface area (Å²) in [5.74, 6) is 0. The molecule has 0 aromatic carbocycles. The van der Waals surface area contributed by atoms with Crippen molar-refractivity contribution in [3.8, 4) is 0 Å². The van der Waals surface area contributed by atoms with E-state index >= 15 is 0 Å². The van der Waals surface area contributed by atoms with E-state index in [2.05, 4.69) is 4.98 Å². The average Bonchev–Trinajstić information content (AvgIpc) is 2.03. The quantitative estimate of drug-likeness (QED) is 0.640. The SMILES string of the molecule is Cc1ccc(/C=C/C(C)Cl)nc1. The Labute approximate surface area is 78.1 Å². The number of nitrogens with zero attached hydrogens (tertiary/aromatic N) is 1. The van der Waals surface area contributed by atoms with Gasteiger partial charge in [0.25, 0.3) is 0 Å². The second-order valence-corrected chi connectivity index (χ2v) is 3.49. The minimum absolute atomic E-state index is 0.0631. The van der Waals surface area contributed by atoms with Crippen LogP contribution >= 0.6 is 11.6 Å². The second-order valence-electron chi connectivity index (χ2n) is 2.80. The molecule has 0 aliphatic rings. The molecular formula is C10H12ClN. The first-order chi connectivity index (χ1) is 5.68. The van der Waals surface area contributed by atoms with Gasteiger partial charge in [-0.05, 0) is 31.6 Å². The molecule has 0 saturated carbocycles. The van der Waals surface area contributed by atoms with E-state index in [1.165, 1.54) is 5.56 Å². The highest BCUT2D eigenvalue weighted by Crippen LogP contribution is 2.03. The fourth-order valence-electron chi connectivity index (χ4n) is 0.809. The van der Waals surface area contributed by atoms with E-state index < -0.39 is 0 Å². The van der Waals surface area contributed by atoms with Gasteiger partial charge in [-0.25, -0.2) is 0 Å². The van der Waals surface area contributed by atoms with Crippen molar-refractivity contribution in [2.24, 2.45) is 0 Å². The van der Waals surface area contributed by atoms with Crippen LogP contribution in [0.3, 0.4) is 0 Å². The van der Waals surface area contributed by atoms with Crippen LogP contribution in [0.5, 0.6) is 0 Å². The van der Waals surface area contributed by atoms with Gasteiger partial charge in [0.2, 0.25) is 0 Å². The van der Waals surface area contributed by atoms with Crippen molar-refractivity contribution in [2.75, 3.05) is 0 Å². The monoisotopic (exact) mass is 181 g/mol. The van der Waals surface area contributed by atoms with Crippen molar-refractivity contribution in [3.63, 3.8) is 0 Å². The Balaban J connectivity index is 2.71. The lowest BCUT2D eigenvalue weighted by molar-refractivity contribution is 1.21. The van der Waals surface area contributed by atoms with Gasteiger partial charge in [0.1, 0.15) is 0 Å². The largest absolute Gasteiger partial charge is 0.257 e. The summed E-state index contributed by atoms with van der Waals surface area (Å²) in [6.45, 7) is 3.94. The number of aryl methyl sites for hydroxylation is 1. The zero-order valence-electron chi connectivity index (χ0n) is 7.29. The molecule has 1 rings (SSSR count). The first-order valence-corrected chi connectivity index (χ1v) is 4.37. The van der Waals surface area contributed by atoms with Gasteiger partial charge >= 0.3 is 0 Å². The van der Waals surface area contributed by atoms with Crippen LogP contribution in [-0.2, 0) is 0 Å². The van der Waals surface area contributed by atoms with Crippen molar-refractivity contribution >= 4 is 17.7 Å². The molecule has 0 spiro atoms. The summed E-state index contributed by atoms with van der Waals surface area (Å²) in [5, 5.41) is 0.0631. The van der Waals surface area contributed by atoms with Gasteiger partial charge in [-0.15, -0.1) is 11.6 Å².